The molecular formula is C12H15ClN4O. The zero-order valence-electron chi connectivity index (χ0n) is 10.1. The number of rotatable bonds is 5. The standard InChI is InChI=1S/C12H15ClN4O/c1-2-3-6-9(14)12-16-11(17-18-12)10-8(13)5-4-7-15-10/h4-5,7,9H,2-3,6,14H2,1H3. The molecule has 0 saturated heterocycles. The highest BCUT2D eigenvalue weighted by molar-refractivity contribution is 6.32. The summed E-state index contributed by atoms with van der Waals surface area (Å²) in [4.78, 5) is 8.37. The molecule has 2 aromatic rings. The lowest BCUT2D eigenvalue weighted by Crippen LogP contribution is -2.10. The summed E-state index contributed by atoms with van der Waals surface area (Å²) in [7, 11) is 0. The van der Waals surface area contributed by atoms with Crippen molar-refractivity contribution in [2.75, 3.05) is 0 Å². The number of pyridine rings is 1. The fraction of sp³-hybridized carbons (Fsp3) is 0.417. The van der Waals surface area contributed by atoms with Gasteiger partial charge in [0.15, 0.2) is 0 Å². The van der Waals surface area contributed by atoms with Crippen molar-refractivity contribution in [3.05, 3.63) is 29.2 Å². The molecule has 0 aliphatic heterocycles. The summed E-state index contributed by atoms with van der Waals surface area (Å²) in [5.41, 5.74) is 6.47. The summed E-state index contributed by atoms with van der Waals surface area (Å²) in [6.45, 7) is 2.11. The Balaban J connectivity index is 2.18. The van der Waals surface area contributed by atoms with E-state index in [-0.39, 0.29) is 6.04 Å². The van der Waals surface area contributed by atoms with E-state index >= 15 is 0 Å². The molecule has 0 fully saturated rings. The molecular weight excluding hydrogens is 252 g/mol. The van der Waals surface area contributed by atoms with Crippen LogP contribution in [-0.4, -0.2) is 15.1 Å². The number of unbranched alkanes of at least 4 members (excludes halogenated alkanes) is 1. The van der Waals surface area contributed by atoms with Crippen molar-refractivity contribution >= 4 is 11.6 Å². The Kier molecular flexibility index (Phi) is 4.28. The second-order valence-corrected chi connectivity index (χ2v) is 4.45. The van der Waals surface area contributed by atoms with E-state index in [4.69, 9.17) is 21.9 Å². The molecule has 0 radical (unpaired) electrons. The van der Waals surface area contributed by atoms with Crippen molar-refractivity contribution in [1.29, 1.82) is 0 Å². The van der Waals surface area contributed by atoms with E-state index in [0.717, 1.165) is 19.3 Å². The number of aromatic nitrogens is 3. The highest BCUT2D eigenvalue weighted by atomic mass is 35.5. The average Bonchev–Trinajstić information content (AvgIpc) is 2.86. The van der Waals surface area contributed by atoms with Gasteiger partial charge in [-0.25, -0.2) is 0 Å². The van der Waals surface area contributed by atoms with Gasteiger partial charge in [0.1, 0.15) is 5.69 Å². The van der Waals surface area contributed by atoms with E-state index in [1.54, 1.807) is 18.3 Å². The maximum absolute atomic E-state index is 6.02. The van der Waals surface area contributed by atoms with Crippen LogP contribution in [0.15, 0.2) is 22.9 Å². The Morgan fingerprint density at radius 1 is 1.50 bits per heavy atom. The average molecular weight is 267 g/mol. The van der Waals surface area contributed by atoms with Crippen LogP contribution in [0.5, 0.6) is 0 Å². The Bertz CT molecular complexity index is 514. The first-order chi connectivity index (χ1) is 8.72. The quantitative estimate of drug-likeness (QED) is 0.900. The van der Waals surface area contributed by atoms with Gasteiger partial charge < -0.3 is 10.3 Å². The Morgan fingerprint density at radius 3 is 3.06 bits per heavy atom. The predicted octanol–water partition coefficient (Wildman–Crippen LogP) is 2.98. The van der Waals surface area contributed by atoms with Crippen LogP contribution in [0.3, 0.4) is 0 Å². The first-order valence-corrected chi connectivity index (χ1v) is 6.30. The molecule has 2 aromatic heterocycles. The van der Waals surface area contributed by atoms with Crippen LogP contribution < -0.4 is 5.73 Å². The maximum Gasteiger partial charge on any atom is 0.243 e. The van der Waals surface area contributed by atoms with Crippen LogP contribution in [0.2, 0.25) is 5.02 Å². The smallest absolute Gasteiger partial charge is 0.243 e. The van der Waals surface area contributed by atoms with Gasteiger partial charge in [-0.1, -0.05) is 36.5 Å². The molecule has 0 saturated carbocycles. The molecule has 0 amide bonds. The molecule has 0 spiro atoms. The van der Waals surface area contributed by atoms with Crippen molar-refractivity contribution in [2.24, 2.45) is 5.73 Å². The van der Waals surface area contributed by atoms with Crippen molar-refractivity contribution in [3.63, 3.8) is 0 Å². The topological polar surface area (TPSA) is 77.8 Å². The van der Waals surface area contributed by atoms with Crippen LogP contribution in [0.4, 0.5) is 0 Å². The number of hydrogen-bond donors (Lipinski definition) is 1. The normalized spacial score (nSPS) is 12.6. The Labute approximate surface area is 110 Å². The van der Waals surface area contributed by atoms with Gasteiger partial charge in [-0.3, -0.25) is 4.98 Å². The first-order valence-electron chi connectivity index (χ1n) is 5.92. The number of nitrogens with two attached hydrogens (primary N) is 1. The monoisotopic (exact) mass is 266 g/mol. The summed E-state index contributed by atoms with van der Waals surface area (Å²) < 4.78 is 5.15. The summed E-state index contributed by atoms with van der Waals surface area (Å²) in [6.07, 6.45) is 4.58. The lowest BCUT2D eigenvalue weighted by atomic mass is 10.1. The van der Waals surface area contributed by atoms with Gasteiger partial charge in [-0.05, 0) is 18.6 Å². The van der Waals surface area contributed by atoms with Gasteiger partial charge in [-0.15, -0.1) is 0 Å². The van der Waals surface area contributed by atoms with Crippen molar-refractivity contribution in [2.45, 2.75) is 32.2 Å². The van der Waals surface area contributed by atoms with E-state index in [0.29, 0.717) is 22.4 Å². The molecule has 0 aliphatic rings. The molecule has 0 aliphatic carbocycles. The van der Waals surface area contributed by atoms with Crippen molar-refractivity contribution in [1.82, 2.24) is 15.1 Å². The van der Waals surface area contributed by atoms with Gasteiger partial charge in [0.25, 0.3) is 0 Å². The van der Waals surface area contributed by atoms with Gasteiger partial charge in [0, 0.05) is 6.20 Å². The minimum atomic E-state index is -0.228. The summed E-state index contributed by atoms with van der Waals surface area (Å²) in [6, 6.07) is 3.25. The van der Waals surface area contributed by atoms with E-state index < -0.39 is 0 Å². The number of nitrogens with zero attached hydrogens (tertiary/aromatic N) is 3. The Morgan fingerprint density at radius 2 is 2.33 bits per heavy atom. The van der Waals surface area contributed by atoms with E-state index in [1.807, 2.05) is 0 Å². The van der Waals surface area contributed by atoms with Gasteiger partial charge in [0.05, 0.1) is 11.1 Å². The first kappa shape index (κ1) is 13.0. The molecule has 0 bridgehead atoms. The summed E-state index contributed by atoms with van der Waals surface area (Å²) in [5.74, 6) is 0.808. The van der Waals surface area contributed by atoms with Crippen molar-refractivity contribution in [3.8, 4) is 11.5 Å². The molecule has 2 heterocycles. The molecule has 18 heavy (non-hydrogen) atoms. The molecule has 96 valence electrons. The zero-order chi connectivity index (χ0) is 13.0. The minimum absolute atomic E-state index is 0.228. The highest BCUT2D eigenvalue weighted by Gasteiger charge is 2.17. The molecule has 1 unspecified atom stereocenters. The van der Waals surface area contributed by atoms with E-state index in [2.05, 4.69) is 22.0 Å². The summed E-state index contributed by atoms with van der Waals surface area (Å²) >= 11 is 6.02. The van der Waals surface area contributed by atoms with E-state index in [1.165, 1.54) is 0 Å². The summed E-state index contributed by atoms with van der Waals surface area (Å²) in [5, 5.41) is 4.36. The van der Waals surface area contributed by atoms with Crippen LogP contribution in [0.25, 0.3) is 11.5 Å². The third-order valence-electron chi connectivity index (χ3n) is 2.60. The third kappa shape index (κ3) is 2.86. The van der Waals surface area contributed by atoms with Crippen LogP contribution in [0.1, 0.15) is 38.1 Å². The SMILES string of the molecule is CCCCC(N)c1nc(-c2ncccc2Cl)no1. The van der Waals surface area contributed by atoms with Gasteiger partial charge in [-0.2, -0.15) is 4.98 Å². The lowest BCUT2D eigenvalue weighted by molar-refractivity contribution is 0.346. The maximum atomic E-state index is 6.02. The lowest BCUT2D eigenvalue weighted by Gasteiger charge is -2.03. The van der Waals surface area contributed by atoms with Crippen LogP contribution in [-0.2, 0) is 0 Å². The second kappa shape index (κ2) is 5.93. The Hall–Kier alpha value is -1.46. The molecule has 2 rings (SSSR count). The second-order valence-electron chi connectivity index (χ2n) is 4.04. The molecule has 6 heteroatoms. The molecule has 1 atom stereocenters. The zero-order valence-corrected chi connectivity index (χ0v) is 10.9. The van der Waals surface area contributed by atoms with Gasteiger partial charge >= 0.3 is 0 Å². The highest BCUT2D eigenvalue weighted by Crippen LogP contribution is 2.24. The van der Waals surface area contributed by atoms with Crippen molar-refractivity contribution < 1.29 is 4.52 Å². The molecule has 2 N–H and O–H groups in total. The third-order valence-corrected chi connectivity index (χ3v) is 2.90. The fourth-order valence-corrected chi connectivity index (χ4v) is 1.79. The van der Waals surface area contributed by atoms with Crippen LogP contribution >= 0.6 is 11.6 Å². The number of hydrogen-bond acceptors (Lipinski definition) is 5. The minimum Gasteiger partial charge on any atom is -0.337 e. The molecule has 0 aromatic carbocycles. The van der Waals surface area contributed by atoms with Crippen LogP contribution in [0, 0.1) is 0 Å². The number of halogens is 1. The van der Waals surface area contributed by atoms with Gasteiger partial charge in [0.2, 0.25) is 11.7 Å². The fourth-order valence-electron chi connectivity index (χ4n) is 1.58. The molecule has 5 nitrogen and oxygen atoms in total. The van der Waals surface area contributed by atoms with E-state index in [9.17, 15) is 0 Å². The largest absolute Gasteiger partial charge is 0.337 e. The predicted molar refractivity (Wildman–Crippen MR) is 69.0 cm³/mol.